The lowest BCUT2D eigenvalue weighted by Crippen LogP contribution is -2.37. The lowest BCUT2D eigenvalue weighted by molar-refractivity contribution is -0.119. The number of sulfonamides is 1. The van der Waals surface area contributed by atoms with Gasteiger partial charge in [-0.05, 0) is 86.6 Å². The highest BCUT2D eigenvalue weighted by Crippen LogP contribution is 2.26. The molecule has 188 valence electrons. The van der Waals surface area contributed by atoms with Gasteiger partial charge < -0.3 is 15.0 Å². The number of ether oxygens (including phenoxy) is 1. The highest BCUT2D eigenvalue weighted by molar-refractivity contribution is 7.89. The maximum atomic E-state index is 12.8. The molecule has 2 saturated heterocycles. The highest BCUT2D eigenvalue weighted by Gasteiger charge is 2.28. The fraction of sp³-hybridized carbons (Fsp3) is 0.462. The van der Waals surface area contributed by atoms with E-state index < -0.39 is 28.5 Å². The van der Waals surface area contributed by atoms with Crippen molar-refractivity contribution in [3.63, 3.8) is 0 Å². The zero-order valence-electron chi connectivity index (χ0n) is 20.3. The van der Waals surface area contributed by atoms with Crippen molar-refractivity contribution >= 4 is 33.3 Å². The van der Waals surface area contributed by atoms with E-state index in [0.29, 0.717) is 24.7 Å². The van der Waals surface area contributed by atoms with Crippen molar-refractivity contribution in [2.75, 3.05) is 43.0 Å². The predicted octanol–water partition coefficient (Wildman–Crippen LogP) is 3.81. The fourth-order valence-electron chi connectivity index (χ4n) is 4.50. The zero-order valence-corrected chi connectivity index (χ0v) is 21.1. The van der Waals surface area contributed by atoms with Gasteiger partial charge in [0.1, 0.15) is 0 Å². The summed E-state index contributed by atoms with van der Waals surface area (Å²) in [5.41, 5.74) is 2.95. The summed E-state index contributed by atoms with van der Waals surface area (Å²) in [4.78, 5) is 27.2. The second-order valence-corrected chi connectivity index (χ2v) is 11.4. The first kappa shape index (κ1) is 25.2. The number of rotatable bonds is 7. The van der Waals surface area contributed by atoms with Crippen molar-refractivity contribution in [3.05, 3.63) is 53.6 Å². The van der Waals surface area contributed by atoms with E-state index in [1.54, 1.807) is 0 Å². The van der Waals surface area contributed by atoms with Gasteiger partial charge in [0.05, 0.1) is 10.5 Å². The van der Waals surface area contributed by atoms with Crippen molar-refractivity contribution in [1.82, 2.24) is 4.31 Å². The van der Waals surface area contributed by atoms with Gasteiger partial charge in [-0.3, -0.25) is 4.79 Å². The molecule has 0 radical (unpaired) electrons. The van der Waals surface area contributed by atoms with E-state index in [2.05, 4.69) is 17.1 Å². The van der Waals surface area contributed by atoms with Crippen LogP contribution < -0.4 is 10.2 Å². The largest absolute Gasteiger partial charge is 0.452 e. The number of carbonyl (C=O) groups is 2. The first-order chi connectivity index (χ1) is 16.7. The molecule has 2 aliphatic heterocycles. The quantitative estimate of drug-likeness (QED) is 0.582. The Kier molecular flexibility index (Phi) is 7.76. The number of amides is 1. The van der Waals surface area contributed by atoms with Crippen molar-refractivity contribution in [3.8, 4) is 0 Å². The third-order valence-electron chi connectivity index (χ3n) is 6.76. The molecule has 0 unspecified atom stereocenters. The van der Waals surface area contributed by atoms with Crippen molar-refractivity contribution < 1.29 is 22.7 Å². The predicted molar refractivity (Wildman–Crippen MR) is 135 cm³/mol. The van der Waals surface area contributed by atoms with E-state index in [9.17, 15) is 18.0 Å². The second-order valence-electron chi connectivity index (χ2n) is 9.43. The minimum atomic E-state index is -3.59. The van der Waals surface area contributed by atoms with Gasteiger partial charge in [-0.2, -0.15) is 4.31 Å². The Morgan fingerprint density at radius 3 is 2.29 bits per heavy atom. The van der Waals surface area contributed by atoms with Gasteiger partial charge in [-0.1, -0.05) is 6.92 Å². The number of piperidine rings is 1. The van der Waals surface area contributed by atoms with Crippen LogP contribution in [-0.4, -0.2) is 57.4 Å². The Bertz CT molecular complexity index is 1170. The molecule has 0 bridgehead atoms. The number of esters is 1. The van der Waals surface area contributed by atoms with E-state index in [4.69, 9.17) is 4.74 Å². The van der Waals surface area contributed by atoms with Gasteiger partial charge in [-0.25, -0.2) is 13.2 Å². The van der Waals surface area contributed by atoms with Gasteiger partial charge in [0, 0.05) is 37.6 Å². The summed E-state index contributed by atoms with van der Waals surface area (Å²) >= 11 is 0. The first-order valence-electron chi connectivity index (χ1n) is 12.2. The smallest absolute Gasteiger partial charge is 0.338 e. The van der Waals surface area contributed by atoms with E-state index in [1.165, 1.54) is 41.4 Å². The van der Waals surface area contributed by atoms with Crippen LogP contribution in [0.1, 0.15) is 48.5 Å². The number of hydrogen-bond acceptors (Lipinski definition) is 6. The van der Waals surface area contributed by atoms with Crippen LogP contribution in [0.2, 0.25) is 0 Å². The van der Waals surface area contributed by atoms with Crippen molar-refractivity contribution in [2.45, 2.75) is 44.4 Å². The fourth-order valence-corrected chi connectivity index (χ4v) is 5.97. The Hall–Kier alpha value is -2.91. The van der Waals surface area contributed by atoms with E-state index in [1.807, 2.05) is 25.1 Å². The number of nitrogens with one attached hydrogen (secondary N) is 1. The normalized spacial score (nSPS) is 17.4. The van der Waals surface area contributed by atoms with Gasteiger partial charge in [-0.15, -0.1) is 0 Å². The average Bonchev–Trinajstić information content (AvgIpc) is 3.39. The molecule has 35 heavy (non-hydrogen) atoms. The number of carbonyl (C=O) groups excluding carboxylic acids is 2. The minimum Gasteiger partial charge on any atom is -0.452 e. The monoisotopic (exact) mass is 499 g/mol. The van der Waals surface area contributed by atoms with Crippen molar-refractivity contribution in [2.24, 2.45) is 5.92 Å². The van der Waals surface area contributed by atoms with Crippen LogP contribution in [0.5, 0.6) is 0 Å². The maximum Gasteiger partial charge on any atom is 0.338 e. The van der Waals surface area contributed by atoms with Crippen LogP contribution in [0.4, 0.5) is 11.4 Å². The van der Waals surface area contributed by atoms with Crippen LogP contribution in [0.25, 0.3) is 0 Å². The molecule has 2 fully saturated rings. The molecule has 2 heterocycles. The maximum absolute atomic E-state index is 12.8. The third kappa shape index (κ3) is 6.02. The number of anilines is 2. The molecule has 8 nitrogen and oxygen atoms in total. The zero-order chi connectivity index (χ0) is 25.0. The molecular weight excluding hydrogens is 466 g/mol. The molecule has 0 aliphatic carbocycles. The lowest BCUT2D eigenvalue weighted by atomic mass is 10.0. The Balaban J connectivity index is 1.30. The molecule has 2 aromatic carbocycles. The Morgan fingerprint density at radius 2 is 1.66 bits per heavy atom. The molecule has 0 atom stereocenters. The summed E-state index contributed by atoms with van der Waals surface area (Å²) in [6, 6.07) is 11.6. The van der Waals surface area contributed by atoms with Gasteiger partial charge >= 0.3 is 5.97 Å². The molecule has 4 rings (SSSR count). The second kappa shape index (κ2) is 10.8. The standard InChI is InChI=1S/C26H33N3O5S/c1-19-11-15-29(16-12-19)35(32,33)23-8-5-21(6-9-23)26(31)34-18-25(30)27-24-10-7-22(17-20(24)2)28-13-3-4-14-28/h5-10,17,19H,3-4,11-16,18H2,1-2H3,(H,27,30). The number of hydrogen-bond donors (Lipinski definition) is 1. The van der Waals surface area contributed by atoms with Crippen LogP contribution in [-0.2, 0) is 19.6 Å². The topological polar surface area (TPSA) is 96.0 Å². The first-order valence-corrected chi connectivity index (χ1v) is 13.6. The van der Waals surface area contributed by atoms with Gasteiger partial charge in [0.2, 0.25) is 10.0 Å². The minimum absolute atomic E-state index is 0.147. The van der Waals surface area contributed by atoms with E-state index >= 15 is 0 Å². The van der Waals surface area contributed by atoms with Crippen LogP contribution in [0, 0.1) is 12.8 Å². The molecule has 2 aliphatic rings. The number of benzene rings is 2. The van der Waals surface area contributed by atoms with Crippen LogP contribution in [0.15, 0.2) is 47.4 Å². The summed E-state index contributed by atoms with van der Waals surface area (Å²) < 4.78 is 32.3. The van der Waals surface area contributed by atoms with Crippen LogP contribution in [0.3, 0.4) is 0 Å². The van der Waals surface area contributed by atoms with Gasteiger partial charge in [0.25, 0.3) is 5.91 Å². The van der Waals surface area contributed by atoms with Crippen molar-refractivity contribution in [1.29, 1.82) is 0 Å². The Morgan fingerprint density at radius 1 is 1.00 bits per heavy atom. The SMILES string of the molecule is Cc1cc(N2CCCC2)ccc1NC(=O)COC(=O)c1ccc(S(=O)(=O)N2CCC(C)CC2)cc1. The molecule has 0 saturated carbocycles. The lowest BCUT2D eigenvalue weighted by Gasteiger charge is -2.29. The molecule has 1 N–H and O–H groups in total. The summed E-state index contributed by atoms with van der Waals surface area (Å²) in [6.07, 6.45) is 4.07. The number of nitrogens with zero attached hydrogens (tertiary/aromatic N) is 2. The number of aryl methyl sites for hydroxylation is 1. The molecule has 9 heteroatoms. The summed E-state index contributed by atoms with van der Waals surface area (Å²) in [5, 5.41) is 2.78. The Labute approximate surface area is 207 Å². The summed E-state index contributed by atoms with van der Waals surface area (Å²) in [5.74, 6) is -0.597. The molecule has 0 spiro atoms. The van der Waals surface area contributed by atoms with Gasteiger partial charge in [0.15, 0.2) is 6.61 Å². The van der Waals surface area contributed by atoms with Crippen LogP contribution >= 0.6 is 0 Å². The van der Waals surface area contributed by atoms with E-state index in [-0.39, 0.29) is 10.5 Å². The van der Waals surface area contributed by atoms with E-state index in [0.717, 1.165) is 37.2 Å². The molecular formula is C26H33N3O5S. The third-order valence-corrected chi connectivity index (χ3v) is 8.67. The summed E-state index contributed by atoms with van der Waals surface area (Å²) in [6.45, 7) is 6.72. The average molecular weight is 500 g/mol. The molecule has 2 aromatic rings. The molecule has 0 aromatic heterocycles. The summed E-state index contributed by atoms with van der Waals surface area (Å²) in [7, 11) is -3.59. The molecule has 1 amide bonds. The highest BCUT2D eigenvalue weighted by atomic mass is 32.2.